The number of aromatic nitrogens is 2. The van der Waals surface area contributed by atoms with Crippen LogP contribution in [0.25, 0.3) is 11.0 Å². The van der Waals surface area contributed by atoms with E-state index >= 15 is 0 Å². The summed E-state index contributed by atoms with van der Waals surface area (Å²) in [6.07, 6.45) is 7.40. The molecule has 0 unspecified atom stereocenters. The number of esters is 1. The van der Waals surface area contributed by atoms with Crippen molar-refractivity contribution in [3.8, 4) is 0 Å². The van der Waals surface area contributed by atoms with Crippen LogP contribution in [0.2, 0.25) is 0 Å². The smallest absolute Gasteiger partial charge is 0.355 e. The first kappa shape index (κ1) is 17.6. The Morgan fingerprint density at radius 1 is 1.24 bits per heavy atom. The number of rotatable bonds is 5. The quantitative estimate of drug-likeness (QED) is 0.847. The number of nitrogens with one attached hydrogen (secondary N) is 1. The van der Waals surface area contributed by atoms with E-state index in [-0.39, 0.29) is 24.6 Å². The van der Waals surface area contributed by atoms with Gasteiger partial charge in [0, 0.05) is 19.3 Å². The monoisotopic (exact) mass is 345 g/mol. The van der Waals surface area contributed by atoms with Gasteiger partial charge >= 0.3 is 5.97 Å². The van der Waals surface area contributed by atoms with E-state index in [9.17, 15) is 9.59 Å². The minimum absolute atomic E-state index is 0.0492. The average Bonchev–Trinajstić information content (AvgIpc) is 3.09. The molecule has 25 heavy (non-hydrogen) atoms. The third kappa shape index (κ3) is 3.89. The van der Waals surface area contributed by atoms with Crippen molar-refractivity contribution in [3.05, 3.63) is 24.0 Å². The number of aryl methyl sites for hydroxylation is 1. The van der Waals surface area contributed by atoms with Gasteiger partial charge in [0.2, 0.25) is 5.91 Å². The van der Waals surface area contributed by atoms with E-state index in [4.69, 9.17) is 4.74 Å². The van der Waals surface area contributed by atoms with E-state index < -0.39 is 5.97 Å². The van der Waals surface area contributed by atoms with Crippen LogP contribution in [0, 0.1) is 0 Å². The van der Waals surface area contributed by atoms with Crippen molar-refractivity contribution >= 4 is 22.9 Å². The van der Waals surface area contributed by atoms with Gasteiger partial charge in [-0.15, -0.1) is 0 Å². The van der Waals surface area contributed by atoms with E-state index in [2.05, 4.69) is 5.32 Å². The van der Waals surface area contributed by atoms with Crippen molar-refractivity contribution in [2.75, 3.05) is 0 Å². The lowest BCUT2D eigenvalue weighted by molar-refractivity contribution is -0.122. The Balaban J connectivity index is 1.82. The van der Waals surface area contributed by atoms with E-state index in [1.54, 1.807) is 10.6 Å². The highest BCUT2D eigenvalue weighted by atomic mass is 16.5. The van der Waals surface area contributed by atoms with Gasteiger partial charge in [-0.05, 0) is 38.8 Å². The number of amides is 1. The fourth-order valence-corrected chi connectivity index (χ4v) is 3.55. The van der Waals surface area contributed by atoms with Gasteiger partial charge in [0.25, 0.3) is 0 Å². The largest absolute Gasteiger partial charge is 0.458 e. The van der Waals surface area contributed by atoms with Crippen molar-refractivity contribution < 1.29 is 14.3 Å². The van der Waals surface area contributed by atoms with E-state index in [1.807, 2.05) is 37.7 Å². The number of nitrogens with zero attached hydrogens (tertiary/aromatic N) is 2. The fraction of sp³-hybridized carbons (Fsp3) is 0.579. The average molecular weight is 345 g/mol. The highest BCUT2D eigenvalue weighted by Crippen LogP contribution is 2.22. The molecule has 1 aliphatic carbocycles. The topological polar surface area (TPSA) is 65.3 Å². The first-order valence-electron chi connectivity index (χ1n) is 9.10. The van der Waals surface area contributed by atoms with Crippen LogP contribution >= 0.6 is 0 Å². The summed E-state index contributed by atoms with van der Waals surface area (Å²) in [7, 11) is 1.92. The summed E-state index contributed by atoms with van der Waals surface area (Å²) in [5, 5.41) is 3.12. The molecule has 3 rings (SSSR count). The third-order valence-corrected chi connectivity index (χ3v) is 4.78. The third-order valence-electron chi connectivity index (χ3n) is 4.78. The maximum Gasteiger partial charge on any atom is 0.355 e. The predicted molar refractivity (Wildman–Crippen MR) is 96.5 cm³/mol. The maximum atomic E-state index is 12.5. The Morgan fingerprint density at radius 2 is 1.96 bits per heavy atom. The summed E-state index contributed by atoms with van der Waals surface area (Å²) in [4.78, 5) is 25.0. The molecular weight excluding hydrogens is 318 g/mol. The Morgan fingerprint density at radius 3 is 2.64 bits per heavy atom. The molecule has 0 radical (unpaired) electrons. The normalized spacial score (nSPS) is 15.7. The minimum Gasteiger partial charge on any atom is -0.458 e. The van der Waals surface area contributed by atoms with Crippen LogP contribution in [0.5, 0.6) is 0 Å². The Bertz CT molecular complexity index is 766. The standard InChI is InChI=1S/C19H27N3O3/c1-13(2)25-19(24)17-11-16-15(9-10-21(16)3)22(17)12-18(23)20-14-7-5-4-6-8-14/h9-11,13-14H,4-8,12H2,1-3H3,(H,20,23). The molecule has 1 fully saturated rings. The van der Waals surface area contributed by atoms with Gasteiger partial charge in [-0.25, -0.2) is 4.79 Å². The van der Waals surface area contributed by atoms with Crippen LogP contribution in [0.15, 0.2) is 18.3 Å². The molecule has 0 aliphatic heterocycles. The zero-order valence-corrected chi connectivity index (χ0v) is 15.2. The highest BCUT2D eigenvalue weighted by molar-refractivity contribution is 5.96. The Hall–Kier alpha value is -2.24. The first-order valence-corrected chi connectivity index (χ1v) is 9.10. The SMILES string of the molecule is CC(C)OC(=O)c1cc2c(ccn2C)n1CC(=O)NC1CCCCC1. The number of fused-ring (bicyclic) bond motifs is 1. The second-order valence-corrected chi connectivity index (χ2v) is 7.17. The molecule has 6 nitrogen and oxygen atoms in total. The number of carbonyl (C=O) groups is 2. The molecule has 0 atom stereocenters. The number of hydrogen-bond donors (Lipinski definition) is 1. The second-order valence-electron chi connectivity index (χ2n) is 7.17. The van der Waals surface area contributed by atoms with Gasteiger partial charge < -0.3 is 19.2 Å². The Kier molecular flexibility index (Phi) is 5.16. The molecule has 136 valence electrons. The summed E-state index contributed by atoms with van der Waals surface area (Å²) >= 11 is 0. The van der Waals surface area contributed by atoms with Gasteiger partial charge in [0.05, 0.1) is 17.1 Å². The lowest BCUT2D eigenvalue weighted by Gasteiger charge is -2.23. The zero-order chi connectivity index (χ0) is 18.0. The Labute approximate surface area is 148 Å². The maximum absolute atomic E-state index is 12.5. The predicted octanol–water partition coefficient (Wildman–Crippen LogP) is 2.99. The second kappa shape index (κ2) is 7.33. The lowest BCUT2D eigenvalue weighted by atomic mass is 9.95. The molecule has 1 N–H and O–H groups in total. The molecule has 0 saturated heterocycles. The fourth-order valence-electron chi connectivity index (χ4n) is 3.55. The molecule has 6 heteroatoms. The van der Waals surface area contributed by atoms with Crippen LogP contribution in [0.1, 0.15) is 56.4 Å². The first-order chi connectivity index (χ1) is 12.0. The van der Waals surface area contributed by atoms with Crippen molar-refractivity contribution in [2.24, 2.45) is 7.05 Å². The molecule has 0 spiro atoms. The van der Waals surface area contributed by atoms with Crippen LogP contribution in [-0.2, 0) is 23.1 Å². The number of ether oxygens (including phenoxy) is 1. The molecule has 1 saturated carbocycles. The summed E-state index contributed by atoms with van der Waals surface area (Å²) in [5.74, 6) is -0.441. The van der Waals surface area contributed by atoms with Crippen molar-refractivity contribution in [1.29, 1.82) is 0 Å². The summed E-state index contributed by atoms with van der Waals surface area (Å²) in [5.41, 5.74) is 2.21. The van der Waals surface area contributed by atoms with E-state index in [0.717, 1.165) is 23.9 Å². The molecule has 1 aliphatic rings. The van der Waals surface area contributed by atoms with Gasteiger partial charge in [-0.1, -0.05) is 19.3 Å². The van der Waals surface area contributed by atoms with Crippen LogP contribution in [-0.4, -0.2) is 33.2 Å². The molecule has 0 bridgehead atoms. The number of carbonyl (C=O) groups excluding carboxylic acids is 2. The molecule has 1 amide bonds. The zero-order valence-electron chi connectivity index (χ0n) is 15.2. The van der Waals surface area contributed by atoms with Crippen molar-refractivity contribution in [2.45, 2.75) is 64.6 Å². The molecule has 2 aromatic heterocycles. The van der Waals surface area contributed by atoms with Gasteiger partial charge in [-0.3, -0.25) is 4.79 Å². The summed E-state index contributed by atoms with van der Waals surface area (Å²) < 4.78 is 9.05. The molecular formula is C19H27N3O3. The molecule has 2 heterocycles. The summed E-state index contributed by atoms with van der Waals surface area (Å²) in [6, 6.07) is 3.98. The van der Waals surface area contributed by atoms with Crippen LogP contribution in [0.4, 0.5) is 0 Å². The lowest BCUT2D eigenvalue weighted by Crippen LogP contribution is -2.38. The molecule has 2 aromatic rings. The summed E-state index contributed by atoms with van der Waals surface area (Å²) in [6.45, 7) is 3.77. The number of hydrogen-bond acceptors (Lipinski definition) is 3. The van der Waals surface area contributed by atoms with Crippen LogP contribution in [0.3, 0.4) is 0 Å². The van der Waals surface area contributed by atoms with E-state index in [0.29, 0.717) is 5.69 Å². The van der Waals surface area contributed by atoms with Crippen LogP contribution < -0.4 is 5.32 Å². The molecule has 0 aromatic carbocycles. The van der Waals surface area contributed by atoms with Crippen molar-refractivity contribution in [1.82, 2.24) is 14.5 Å². The van der Waals surface area contributed by atoms with Gasteiger partial charge in [-0.2, -0.15) is 0 Å². The van der Waals surface area contributed by atoms with Crippen molar-refractivity contribution in [3.63, 3.8) is 0 Å². The van der Waals surface area contributed by atoms with E-state index in [1.165, 1.54) is 19.3 Å². The highest BCUT2D eigenvalue weighted by Gasteiger charge is 2.22. The van der Waals surface area contributed by atoms with Gasteiger partial charge in [0.15, 0.2) is 0 Å². The minimum atomic E-state index is -0.392. The van der Waals surface area contributed by atoms with Gasteiger partial charge in [0.1, 0.15) is 12.2 Å².